The van der Waals surface area contributed by atoms with Gasteiger partial charge in [0.05, 0.1) is 0 Å². The lowest BCUT2D eigenvalue weighted by Gasteiger charge is -2.07. The largest absolute Gasteiger partial charge is 0.457 e. The van der Waals surface area contributed by atoms with Crippen molar-refractivity contribution in [2.75, 3.05) is 7.05 Å². The SMILES string of the molecule is CC(=O)c1cccc(Oc2ccnc(C(N)=O)c2)c1.CNC(=O)c1ccc2cc[nH]c2c1. The molecule has 0 spiro atoms. The van der Waals surface area contributed by atoms with Crippen molar-refractivity contribution >= 4 is 28.5 Å². The van der Waals surface area contributed by atoms with Crippen molar-refractivity contribution in [1.82, 2.24) is 15.3 Å². The van der Waals surface area contributed by atoms with Crippen LogP contribution in [0.4, 0.5) is 0 Å². The number of hydrogen-bond donors (Lipinski definition) is 3. The second-order valence-electron chi connectivity index (χ2n) is 6.79. The smallest absolute Gasteiger partial charge is 0.267 e. The maximum Gasteiger partial charge on any atom is 0.267 e. The average Bonchev–Trinajstić information content (AvgIpc) is 3.27. The van der Waals surface area contributed by atoms with Crippen LogP contribution in [0.2, 0.25) is 0 Å². The number of nitrogens with one attached hydrogen (secondary N) is 2. The number of aromatic amines is 1. The van der Waals surface area contributed by atoms with E-state index in [4.69, 9.17) is 10.5 Å². The number of hydrogen-bond acceptors (Lipinski definition) is 5. The molecule has 0 radical (unpaired) electrons. The van der Waals surface area contributed by atoms with E-state index in [1.54, 1.807) is 37.4 Å². The maximum atomic E-state index is 11.3. The van der Waals surface area contributed by atoms with E-state index in [1.165, 1.54) is 19.2 Å². The summed E-state index contributed by atoms with van der Waals surface area (Å²) in [6, 6.07) is 17.4. The summed E-state index contributed by atoms with van der Waals surface area (Å²) >= 11 is 0. The number of amides is 2. The Bertz CT molecular complexity index is 1220. The highest BCUT2D eigenvalue weighted by Crippen LogP contribution is 2.22. The topological polar surface area (TPSA) is 127 Å². The van der Waals surface area contributed by atoms with Gasteiger partial charge in [0.2, 0.25) is 0 Å². The Morgan fingerprint density at radius 3 is 2.47 bits per heavy atom. The minimum atomic E-state index is -0.622. The third kappa shape index (κ3) is 5.57. The highest BCUT2D eigenvalue weighted by atomic mass is 16.5. The minimum absolute atomic E-state index is 0.0435. The number of pyridine rings is 1. The molecule has 32 heavy (non-hydrogen) atoms. The molecule has 0 saturated heterocycles. The van der Waals surface area contributed by atoms with Gasteiger partial charge in [0.25, 0.3) is 11.8 Å². The molecule has 0 unspecified atom stereocenters. The van der Waals surface area contributed by atoms with E-state index in [0.29, 0.717) is 22.6 Å². The van der Waals surface area contributed by atoms with Crippen LogP contribution in [0.25, 0.3) is 10.9 Å². The van der Waals surface area contributed by atoms with E-state index >= 15 is 0 Å². The van der Waals surface area contributed by atoms with E-state index in [1.807, 2.05) is 30.5 Å². The number of nitrogens with zero attached hydrogens (tertiary/aromatic N) is 1. The molecule has 8 nitrogen and oxygen atoms in total. The molecule has 0 aliphatic carbocycles. The van der Waals surface area contributed by atoms with Crippen molar-refractivity contribution in [3.8, 4) is 11.5 Å². The number of primary amides is 1. The predicted molar refractivity (Wildman–Crippen MR) is 121 cm³/mol. The molecule has 2 aromatic heterocycles. The van der Waals surface area contributed by atoms with Crippen molar-refractivity contribution in [2.45, 2.75) is 6.92 Å². The van der Waals surface area contributed by atoms with Gasteiger partial charge < -0.3 is 20.8 Å². The molecule has 0 aliphatic rings. The Morgan fingerprint density at radius 2 is 1.75 bits per heavy atom. The molecule has 8 heteroatoms. The number of ketones is 1. The summed E-state index contributed by atoms with van der Waals surface area (Å²) < 4.78 is 5.56. The monoisotopic (exact) mass is 430 g/mol. The molecule has 0 atom stereocenters. The molecule has 0 fully saturated rings. The second-order valence-corrected chi connectivity index (χ2v) is 6.79. The fourth-order valence-corrected chi connectivity index (χ4v) is 2.86. The lowest BCUT2D eigenvalue weighted by Crippen LogP contribution is -2.17. The van der Waals surface area contributed by atoms with Crippen LogP contribution in [0.5, 0.6) is 11.5 Å². The predicted octanol–water partition coefficient (Wildman–Crippen LogP) is 3.70. The fourth-order valence-electron chi connectivity index (χ4n) is 2.86. The van der Waals surface area contributed by atoms with E-state index in [0.717, 1.165) is 10.9 Å². The van der Waals surface area contributed by atoms with Gasteiger partial charge in [0.15, 0.2) is 5.78 Å². The van der Waals surface area contributed by atoms with Gasteiger partial charge in [0, 0.05) is 42.2 Å². The Labute approximate surface area is 184 Å². The summed E-state index contributed by atoms with van der Waals surface area (Å²) in [5, 5.41) is 3.70. The first-order chi connectivity index (χ1) is 15.4. The van der Waals surface area contributed by atoms with Gasteiger partial charge in [-0.25, -0.2) is 0 Å². The minimum Gasteiger partial charge on any atom is -0.457 e. The zero-order valence-corrected chi connectivity index (χ0v) is 17.6. The number of fused-ring (bicyclic) bond motifs is 1. The van der Waals surface area contributed by atoms with Crippen molar-refractivity contribution < 1.29 is 19.1 Å². The molecule has 0 saturated carbocycles. The van der Waals surface area contributed by atoms with Crippen LogP contribution in [0, 0.1) is 0 Å². The number of benzene rings is 2. The molecule has 162 valence electrons. The van der Waals surface area contributed by atoms with Crippen LogP contribution in [-0.2, 0) is 0 Å². The lowest BCUT2D eigenvalue weighted by atomic mass is 10.1. The van der Waals surface area contributed by atoms with Crippen molar-refractivity contribution in [3.05, 3.63) is 89.9 Å². The molecule has 4 aromatic rings. The average molecular weight is 430 g/mol. The van der Waals surface area contributed by atoms with Gasteiger partial charge >= 0.3 is 0 Å². The number of nitrogens with two attached hydrogens (primary N) is 1. The summed E-state index contributed by atoms with van der Waals surface area (Å²) in [5.41, 5.74) is 7.49. The summed E-state index contributed by atoms with van der Waals surface area (Å²) in [7, 11) is 1.63. The van der Waals surface area contributed by atoms with Crippen LogP contribution in [-0.4, -0.2) is 34.6 Å². The number of carbonyl (C=O) groups is 3. The fraction of sp³-hybridized carbons (Fsp3) is 0.0833. The third-order valence-corrected chi connectivity index (χ3v) is 4.50. The quantitative estimate of drug-likeness (QED) is 0.416. The van der Waals surface area contributed by atoms with E-state index in [2.05, 4.69) is 15.3 Å². The second kappa shape index (κ2) is 10.0. The molecule has 2 heterocycles. The molecule has 4 rings (SSSR count). The van der Waals surface area contributed by atoms with Gasteiger partial charge in [-0.15, -0.1) is 0 Å². The first-order valence-corrected chi connectivity index (χ1v) is 9.71. The molecular weight excluding hydrogens is 408 g/mol. The summed E-state index contributed by atoms with van der Waals surface area (Å²) in [5.74, 6) is 0.219. The lowest BCUT2D eigenvalue weighted by molar-refractivity contribution is 0.0960. The van der Waals surface area contributed by atoms with Crippen molar-refractivity contribution in [2.24, 2.45) is 5.73 Å². The van der Waals surface area contributed by atoms with Gasteiger partial charge in [-0.3, -0.25) is 19.4 Å². The highest BCUT2D eigenvalue weighted by Gasteiger charge is 2.06. The number of carbonyl (C=O) groups excluding carboxylic acids is 3. The Kier molecular flexibility index (Phi) is 6.97. The van der Waals surface area contributed by atoms with Gasteiger partial charge in [-0.05, 0) is 48.7 Å². The maximum absolute atomic E-state index is 11.3. The number of H-pyrrole nitrogens is 1. The Morgan fingerprint density at radius 1 is 0.969 bits per heavy atom. The zero-order chi connectivity index (χ0) is 23.1. The van der Waals surface area contributed by atoms with Crippen LogP contribution >= 0.6 is 0 Å². The number of rotatable bonds is 5. The molecule has 2 aromatic carbocycles. The van der Waals surface area contributed by atoms with Gasteiger partial charge in [0.1, 0.15) is 17.2 Å². The first kappa shape index (κ1) is 22.2. The Hall–Kier alpha value is -4.46. The Balaban J connectivity index is 0.000000193. The van der Waals surface area contributed by atoms with E-state index in [9.17, 15) is 14.4 Å². The molecule has 0 aliphatic heterocycles. The number of Topliss-reactive ketones (excluding diaryl/α,β-unsaturated/α-hetero) is 1. The first-order valence-electron chi connectivity index (χ1n) is 9.71. The van der Waals surface area contributed by atoms with Crippen molar-refractivity contribution in [1.29, 1.82) is 0 Å². The van der Waals surface area contributed by atoms with E-state index < -0.39 is 5.91 Å². The number of aromatic nitrogens is 2. The summed E-state index contributed by atoms with van der Waals surface area (Å²) in [6.07, 6.45) is 3.29. The van der Waals surface area contributed by atoms with Crippen LogP contribution < -0.4 is 15.8 Å². The van der Waals surface area contributed by atoms with E-state index in [-0.39, 0.29) is 17.4 Å². The third-order valence-electron chi connectivity index (χ3n) is 4.50. The van der Waals surface area contributed by atoms with Crippen LogP contribution in [0.3, 0.4) is 0 Å². The van der Waals surface area contributed by atoms with Crippen LogP contribution in [0.1, 0.15) is 38.1 Å². The highest BCUT2D eigenvalue weighted by molar-refractivity contribution is 5.97. The normalized spacial score (nSPS) is 10.1. The molecular formula is C24H22N4O4. The molecule has 0 bridgehead atoms. The standard InChI is InChI=1S/C14H12N2O3.C10H10N2O/c1-9(17)10-3-2-4-11(7-10)19-12-5-6-16-13(8-12)14(15)18;1-11-10(13)8-3-2-7-4-5-12-9(7)6-8/h2-8H,1H3,(H2,15,18);2-6,12H,1H3,(H,11,13). The van der Waals surface area contributed by atoms with Crippen molar-refractivity contribution in [3.63, 3.8) is 0 Å². The summed E-state index contributed by atoms with van der Waals surface area (Å²) in [4.78, 5) is 40.4. The number of ether oxygens (including phenoxy) is 1. The molecule has 4 N–H and O–H groups in total. The van der Waals surface area contributed by atoms with Crippen LogP contribution in [0.15, 0.2) is 73.1 Å². The van der Waals surface area contributed by atoms with Gasteiger partial charge in [-0.2, -0.15) is 0 Å². The summed E-state index contributed by atoms with van der Waals surface area (Å²) in [6.45, 7) is 1.48. The van der Waals surface area contributed by atoms with Gasteiger partial charge in [-0.1, -0.05) is 18.2 Å². The zero-order valence-electron chi connectivity index (χ0n) is 17.6. The molecule has 2 amide bonds.